The third-order valence-electron chi connectivity index (χ3n) is 8.67. The van der Waals surface area contributed by atoms with Gasteiger partial charge in [0.25, 0.3) is 11.8 Å². The van der Waals surface area contributed by atoms with E-state index in [1.165, 1.54) is 17.6 Å². The Morgan fingerprint density at radius 2 is 1.30 bits per heavy atom. The Hall–Kier alpha value is -6.75. The van der Waals surface area contributed by atoms with Gasteiger partial charge < -0.3 is 29.7 Å². The van der Waals surface area contributed by atoms with E-state index < -0.39 is 23.4 Å². The molecule has 3 amide bonds. The molecule has 0 bridgehead atoms. The van der Waals surface area contributed by atoms with Gasteiger partial charge in [0.15, 0.2) is 0 Å². The number of amides is 3. The molecule has 0 radical (unpaired) electrons. The van der Waals surface area contributed by atoms with Crippen molar-refractivity contribution < 1.29 is 33.4 Å². The molecule has 0 saturated carbocycles. The van der Waals surface area contributed by atoms with Crippen LogP contribution in [0, 0.1) is 12.3 Å². The SMILES string of the molecule is COc1ccc(OC)c(CC(=O)Nc2ccc(C(=O)N(CC(=O)OC(C)(C)C)Cc3ccc(C(=O)NC(=N)c4ccc(-c5ccc(C)cc5)cc4)cc3)cc2)c1. The molecule has 0 spiro atoms. The molecule has 56 heavy (non-hydrogen) atoms. The van der Waals surface area contributed by atoms with Gasteiger partial charge in [-0.1, -0.05) is 66.2 Å². The Kier molecular flexibility index (Phi) is 13.0. The van der Waals surface area contributed by atoms with Crippen LogP contribution in [0.3, 0.4) is 0 Å². The van der Waals surface area contributed by atoms with E-state index in [9.17, 15) is 19.2 Å². The first-order valence-corrected chi connectivity index (χ1v) is 18.0. The molecule has 3 N–H and O–H groups in total. The number of esters is 1. The quantitative estimate of drug-likeness (QED) is 0.0637. The summed E-state index contributed by atoms with van der Waals surface area (Å²) >= 11 is 0. The number of ether oxygens (including phenoxy) is 3. The van der Waals surface area contributed by atoms with Crippen molar-refractivity contribution in [3.8, 4) is 22.6 Å². The number of nitrogens with zero attached hydrogens (tertiary/aromatic N) is 1. The lowest BCUT2D eigenvalue weighted by Gasteiger charge is -2.25. The van der Waals surface area contributed by atoms with E-state index >= 15 is 0 Å². The molecule has 11 heteroatoms. The van der Waals surface area contributed by atoms with Crippen molar-refractivity contribution in [3.05, 3.63) is 149 Å². The fraction of sp³-hybridized carbons (Fsp3) is 0.222. The molecule has 0 fully saturated rings. The monoisotopic (exact) mass is 754 g/mol. The second-order valence-corrected chi connectivity index (χ2v) is 14.2. The highest BCUT2D eigenvalue weighted by Crippen LogP contribution is 2.25. The van der Waals surface area contributed by atoms with Crippen LogP contribution in [-0.2, 0) is 27.3 Å². The van der Waals surface area contributed by atoms with Crippen LogP contribution in [0.5, 0.6) is 11.5 Å². The van der Waals surface area contributed by atoms with Crippen LogP contribution >= 0.6 is 0 Å². The van der Waals surface area contributed by atoms with Gasteiger partial charge in [-0.2, -0.15) is 0 Å². The highest BCUT2D eigenvalue weighted by atomic mass is 16.6. The number of amidine groups is 1. The predicted octanol–water partition coefficient (Wildman–Crippen LogP) is 7.60. The number of anilines is 1. The van der Waals surface area contributed by atoms with Gasteiger partial charge in [0.1, 0.15) is 29.5 Å². The Labute approximate surface area is 327 Å². The molecule has 5 rings (SSSR count). The van der Waals surface area contributed by atoms with Crippen LogP contribution in [0.2, 0.25) is 0 Å². The van der Waals surface area contributed by atoms with Gasteiger partial charge in [0.2, 0.25) is 5.91 Å². The van der Waals surface area contributed by atoms with Crippen molar-refractivity contribution in [2.75, 3.05) is 26.1 Å². The number of carbonyl (C=O) groups excluding carboxylic acids is 4. The number of benzene rings is 5. The summed E-state index contributed by atoms with van der Waals surface area (Å²) in [6.07, 6.45) is 0.0382. The average molecular weight is 755 g/mol. The molecule has 0 saturated heterocycles. The standard InChI is InChI=1S/C45H46N4O7/c1-29-7-11-31(12-8-29)32-15-17-33(18-16-32)42(46)48-43(52)34-13-9-30(10-14-34)27-49(28-41(51)56-45(2,3)4)44(53)35-19-21-37(22-20-35)47-40(50)26-36-25-38(54-5)23-24-39(36)55-6/h7-25H,26-28H2,1-6H3,(H,47,50)(H2,46,48,52). The van der Waals surface area contributed by atoms with E-state index in [-0.39, 0.29) is 31.3 Å². The summed E-state index contributed by atoms with van der Waals surface area (Å²) in [5.41, 5.74) is 5.46. The van der Waals surface area contributed by atoms with Crippen LogP contribution in [0.25, 0.3) is 11.1 Å². The highest BCUT2D eigenvalue weighted by molar-refractivity contribution is 6.11. The number of carbonyl (C=O) groups is 4. The molecule has 288 valence electrons. The molecule has 0 aromatic heterocycles. The molecule has 5 aromatic carbocycles. The van der Waals surface area contributed by atoms with Gasteiger partial charge in [0.05, 0.1) is 20.6 Å². The van der Waals surface area contributed by atoms with E-state index in [4.69, 9.17) is 19.6 Å². The van der Waals surface area contributed by atoms with E-state index in [1.807, 2.05) is 43.3 Å². The third kappa shape index (κ3) is 11.1. The number of rotatable bonds is 13. The summed E-state index contributed by atoms with van der Waals surface area (Å²) in [5.74, 6) is -0.637. The van der Waals surface area contributed by atoms with Crippen LogP contribution in [0.1, 0.15) is 63.7 Å². The van der Waals surface area contributed by atoms with Crippen molar-refractivity contribution >= 4 is 35.2 Å². The van der Waals surface area contributed by atoms with E-state index in [2.05, 4.69) is 10.6 Å². The van der Waals surface area contributed by atoms with Gasteiger partial charge in [0, 0.05) is 34.5 Å². The van der Waals surface area contributed by atoms with Gasteiger partial charge in [-0.25, -0.2) is 0 Å². The first-order chi connectivity index (χ1) is 26.7. The zero-order valence-electron chi connectivity index (χ0n) is 32.4. The molecule has 0 atom stereocenters. The smallest absolute Gasteiger partial charge is 0.326 e. The molecule has 11 nitrogen and oxygen atoms in total. The van der Waals surface area contributed by atoms with Crippen molar-refractivity contribution in [3.63, 3.8) is 0 Å². The number of hydrogen-bond donors (Lipinski definition) is 3. The van der Waals surface area contributed by atoms with Crippen molar-refractivity contribution in [1.82, 2.24) is 10.2 Å². The summed E-state index contributed by atoms with van der Waals surface area (Å²) in [6.45, 7) is 7.00. The molecular formula is C45H46N4O7. The maximum atomic E-state index is 13.8. The van der Waals surface area contributed by atoms with E-state index in [0.29, 0.717) is 45.0 Å². The summed E-state index contributed by atoms with van der Waals surface area (Å²) in [6, 6.07) is 33.8. The Balaban J connectivity index is 1.23. The minimum absolute atomic E-state index is 0.0358. The second kappa shape index (κ2) is 18.1. The van der Waals surface area contributed by atoms with Gasteiger partial charge in [-0.05, 0) is 99.0 Å². The summed E-state index contributed by atoms with van der Waals surface area (Å²) in [7, 11) is 3.07. The Morgan fingerprint density at radius 1 is 0.714 bits per heavy atom. The number of methoxy groups -OCH3 is 2. The number of hydrogen-bond acceptors (Lipinski definition) is 8. The molecule has 0 unspecified atom stereocenters. The van der Waals surface area contributed by atoms with Crippen molar-refractivity contribution in [2.24, 2.45) is 0 Å². The maximum Gasteiger partial charge on any atom is 0.326 e. The summed E-state index contributed by atoms with van der Waals surface area (Å²) in [5, 5.41) is 14.0. The first-order valence-electron chi connectivity index (χ1n) is 18.0. The average Bonchev–Trinajstić information content (AvgIpc) is 3.17. The maximum absolute atomic E-state index is 13.8. The topological polar surface area (TPSA) is 147 Å². The van der Waals surface area contributed by atoms with Crippen LogP contribution in [-0.4, -0.2) is 60.8 Å². The molecule has 0 aliphatic heterocycles. The normalized spacial score (nSPS) is 10.9. The highest BCUT2D eigenvalue weighted by Gasteiger charge is 2.24. The lowest BCUT2D eigenvalue weighted by molar-refractivity contribution is -0.155. The van der Waals surface area contributed by atoms with Crippen LogP contribution in [0.15, 0.2) is 115 Å². The minimum Gasteiger partial charge on any atom is -0.497 e. The zero-order chi connectivity index (χ0) is 40.4. The lowest BCUT2D eigenvalue weighted by atomic mass is 10.0. The summed E-state index contributed by atoms with van der Waals surface area (Å²) in [4.78, 5) is 54.1. The number of aryl methyl sites for hydroxylation is 1. The van der Waals surface area contributed by atoms with Crippen molar-refractivity contribution in [1.29, 1.82) is 5.41 Å². The predicted molar refractivity (Wildman–Crippen MR) is 216 cm³/mol. The molecule has 5 aromatic rings. The largest absolute Gasteiger partial charge is 0.497 e. The summed E-state index contributed by atoms with van der Waals surface area (Å²) < 4.78 is 16.2. The second-order valence-electron chi connectivity index (χ2n) is 14.2. The molecule has 0 aliphatic rings. The van der Waals surface area contributed by atoms with Crippen LogP contribution < -0.4 is 20.1 Å². The fourth-order valence-corrected chi connectivity index (χ4v) is 5.82. The van der Waals surface area contributed by atoms with Crippen LogP contribution in [0.4, 0.5) is 5.69 Å². The zero-order valence-corrected chi connectivity index (χ0v) is 32.4. The Bertz CT molecular complexity index is 2190. The lowest BCUT2D eigenvalue weighted by Crippen LogP contribution is -2.38. The van der Waals surface area contributed by atoms with Crippen molar-refractivity contribution in [2.45, 2.75) is 46.3 Å². The van der Waals surface area contributed by atoms with E-state index in [1.54, 1.807) is 107 Å². The van der Waals surface area contributed by atoms with E-state index in [0.717, 1.165) is 11.1 Å². The Morgan fingerprint density at radius 3 is 1.89 bits per heavy atom. The third-order valence-corrected chi connectivity index (χ3v) is 8.67. The minimum atomic E-state index is -0.758. The molecule has 0 aliphatic carbocycles. The molecule has 0 heterocycles. The fourth-order valence-electron chi connectivity index (χ4n) is 5.82. The van der Waals surface area contributed by atoms with Gasteiger partial charge >= 0.3 is 5.97 Å². The molecular weight excluding hydrogens is 709 g/mol. The first kappa shape index (κ1) is 40.4. The van der Waals surface area contributed by atoms with Gasteiger partial charge in [-0.3, -0.25) is 24.6 Å². The van der Waals surface area contributed by atoms with Gasteiger partial charge in [-0.15, -0.1) is 0 Å². The number of nitrogens with one attached hydrogen (secondary N) is 3.